The standard InChI is InChI=1S/C17H27IO4Si/c1-17(2,3)23(5,6)22-11-13-9-14(19)8-7-12(13)10-15(18)16(20)21-4/h7-9,15,19H,10-11H2,1-6H3. The molecule has 0 amide bonds. The van der Waals surface area contributed by atoms with Gasteiger partial charge in [0.05, 0.1) is 13.7 Å². The third-order valence-corrected chi connectivity index (χ3v) is 9.87. The summed E-state index contributed by atoms with van der Waals surface area (Å²) in [7, 11) is -0.477. The van der Waals surface area contributed by atoms with Gasteiger partial charge in [-0.2, -0.15) is 0 Å². The molecule has 1 rings (SSSR count). The molecule has 1 aromatic carbocycles. The molecule has 0 aliphatic carbocycles. The fourth-order valence-electron chi connectivity index (χ4n) is 1.82. The highest BCUT2D eigenvalue weighted by Crippen LogP contribution is 2.37. The van der Waals surface area contributed by atoms with Crippen LogP contribution in [0.5, 0.6) is 5.75 Å². The lowest BCUT2D eigenvalue weighted by molar-refractivity contribution is -0.139. The minimum atomic E-state index is -1.87. The maximum atomic E-state index is 11.6. The number of esters is 1. The molecule has 1 aromatic rings. The predicted octanol–water partition coefficient (Wildman–Crippen LogP) is 4.43. The zero-order chi connectivity index (χ0) is 17.8. The molecule has 6 heteroatoms. The first kappa shape index (κ1) is 20.4. The molecule has 0 aromatic heterocycles. The Labute approximate surface area is 153 Å². The van der Waals surface area contributed by atoms with Crippen molar-refractivity contribution in [1.29, 1.82) is 0 Å². The van der Waals surface area contributed by atoms with Gasteiger partial charge in [0.2, 0.25) is 0 Å². The first-order valence-electron chi connectivity index (χ1n) is 7.64. The third kappa shape index (κ3) is 5.76. The van der Waals surface area contributed by atoms with E-state index in [0.717, 1.165) is 11.1 Å². The Kier molecular flexibility index (Phi) is 7.09. The van der Waals surface area contributed by atoms with Crippen molar-refractivity contribution >= 4 is 36.9 Å². The van der Waals surface area contributed by atoms with Gasteiger partial charge in [0.25, 0.3) is 0 Å². The number of carbonyl (C=O) groups excluding carboxylic acids is 1. The first-order chi connectivity index (χ1) is 10.5. The van der Waals surface area contributed by atoms with Gasteiger partial charge in [-0.15, -0.1) is 0 Å². The van der Waals surface area contributed by atoms with E-state index in [-0.39, 0.29) is 20.7 Å². The molecule has 1 N–H and O–H groups in total. The van der Waals surface area contributed by atoms with Crippen molar-refractivity contribution in [3.05, 3.63) is 29.3 Å². The highest BCUT2D eigenvalue weighted by Gasteiger charge is 2.37. The van der Waals surface area contributed by atoms with E-state index in [1.807, 2.05) is 6.07 Å². The second-order valence-corrected chi connectivity index (χ2v) is 13.5. The van der Waals surface area contributed by atoms with Crippen molar-refractivity contribution in [3.8, 4) is 5.75 Å². The van der Waals surface area contributed by atoms with Crippen LogP contribution in [0.1, 0.15) is 31.9 Å². The van der Waals surface area contributed by atoms with Crippen molar-refractivity contribution in [1.82, 2.24) is 0 Å². The fourth-order valence-corrected chi connectivity index (χ4v) is 3.50. The summed E-state index contributed by atoms with van der Waals surface area (Å²) in [6, 6.07) is 5.23. The Morgan fingerprint density at radius 3 is 2.43 bits per heavy atom. The Bertz CT molecular complexity index is 552. The Morgan fingerprint density at radius 2 is 1.91 bits per heavy atom. The molecule has 0 bridgehead atoms. The molecule has 23 heavy (non-hydrogen) atoms. The number of benzene rings is 1. The number of carbonyl (C=O) groups is 1. The van der Waals surface area contributed by atoms with E-state index in [1.165, 1.54) is 7.11 Å². The lowest BCUT2D eigenvalue weighted by Crippen LogP contribution is -2.40. The summed E-state index contributed by atoms with van der Waals surface area (Å²) >= 11 is 2.08. The van der Waals surface area contributed by atoms with Gasteiger partial charge in [0.1, 0.15) is 9.67 Å². The summed E-state index contributed by atoms with van der Waals surface area (Å²) in [6.07, 6.45) is 0.559. The summed E-state index contributed by atoms with van der Waals surface area (Å²) in [5.74, 6) is -0.0272. The molecule has 0 spiro atoms. The van der Waals surface area contributed by atoms with Crippen LogP contribution in [0.25, 0.3) is 0 Å². The summed E-state index contributed by atoms with van der Waals surface area (Å²) in [6.45, 7) is 11.4. The molecule has 0 heterocycles. The number of ether oxygens (including phenoxy) is 1. The van der Waals surface area contributed by atoms with Crippen LogP contribution >= 0.6 is 22.6 Å². The molecule has 0 saturated heterocycles. The summed E-state index contributed by atoms with van der Waals surface area (Å²) in [5.41, 5.74) is 1.94. The summed E-state index contributed by atoms with van der Waals surface area (Å²) in [4.78, 5) is 11.6. The van der Waals surface area contributed by atoms with Gasteiger partial charge in [-0.25, -0.2) is 0 Å². The number of phenols is 1. The summed E-state index contributed by atoms with van der Waals surface area (Å²) < 4.78 is 10.8. The number of hydrogen-bond acceptors (Lipinski definition) is 4. The van der Waals surface area contributed by atoms with E-state index < -0.39 is 8.32 Å². The van der Waals surface area contributed by atoms with E-state index >= 15 is 0 Å². The lowest BCUT2D eigenvalue weighted by Gasteiger charge is -2.36. The quantitative estimate of drug-likeness (QED) is 0.302. The normalized spacial score (nSPS) is 13.7. The van der Waals surface area contributed by atoms with E-state index in [9.17, 15) is 9.90 Å². The average molecular weight is 450 g/mol. The second-order valence-electron chi connectivity index (χ2n) is 7.20. The van der Waals surface area contributed by atoms with Crippen molar-refractivity contribution in [2.75, 3.05) is 7.11 Å². The van der Waals surface area contributed by atoms with Crippen molar-refractivity contribution in [2.24, 2.45) is 0 Å². The highest BCUT2D eigenvalue weighted by atomic mass is 127. The van der Waals surface area contributed by atoms with Crippen LogP contribution in [0, 0.1) is 0 Å². The van der Waals surface area contributed by atoms with Crippen LogP contribution in [-0.2, 0) is 27.0 Å². The van der Waals surface area contributed by atoms with E-state index in [4.69, 9.17) is 9.16 Å². The molecule has 130 valence electrons. The number of aromatic hydroxyl groups is 1. The van der Waals surface area contributed by atoms with E-state index in [2.05, 4.69) is 56.5 Å². The monoisotopic (exact) mass is 450 g/mol. The van der Waals surface area contributed by atoms with Crippen molar-refractivity contribution in [3.63, 3.8) is 0 Å². The Morgan fingerprint density at radius 1 is 1.30 bits per heavy atom. The zero-order valence-corrected chi connectivity index (χ0v) is 17.9. The largest absolute Gasteiger partial charge is 0.508 e. The summed E-state index contributed by atoms with van der Waals surface area (Å²) in [5, 5.41) is 9.91. The molecule has 0 radical (unpaired) electrons. The topological polar surface area (TPSA) is 55.8 Å². The van der Waals surface area contributed by atoms with Gasteiger partial charge in [-0.3, -0.25) is 4.79 Å². The highest BCUT2D eigenvalue weighted by molar-refractivity contribution is 14.1. The lowest BCUT2D eigenvalue weighted by atomic mass is 10.0. The SMILES string of the molecule is COC(=O)C(I)Cc1ccc(O)cc1CO[Si](C)(C)C(C)(C)C. The van der Waals surface area contributed by atoms with Gasteiger partial charge in [-0.05, 0) is 47.8 Å². The molecule has 0 aliphatic rings. The molecule has 0 aliphatic heterocycles. The number of alkyl halides is 1. The third-order valence-electron chi connectivity index (χ3n) is 4.44. The van der Waals surface area contributed by atoms with E-state index in [1.54, 1.807) is 12.1 Å². The fraction of sp³-hybridized carbons (Fsp3) is 0.588. The number of halogens is 1. The van der Waals surface area contributed by atoms with Gasteiger partial charge in [0, 0.05) is 0 Å². The van der Waals surface area contributed by atoms with Crippen LogP contribution in [0.2, 0.25) is 18.1 Å². The Balaban J connectivity index is 2.94. The molecular weight excluding hydrogens is 423 g/mol. The predicted molar refractivity (Wildman–Crippen MR) is 104 cm³/mol. The number of phenolic OH excluding ortho intramolecular Hbond substituents is 1. The van der Waals surface area contributed by atoms with Crippen LogP contribution in [-0.4, -0.2) is 30.4 Å². The van der Waals surface area contributed by atoms with Gasteiger partial charge in [-0.1, -0.05) is 49.4 Å². The minimum absolute atomic E-state index is 0.127. The smallest absolute Gasteiger partial charge is 0.318 e. The number of rotatable bonds is 6. The second kappa shape index (κ2) is 7.98. The van der Waals surface area contributed by atoms with Crippen LogP contribution in [0.15, 0.2) is 18.2 Å². The molecular formula is C17H27IO4Si. The minimum Gasteiger partial charge on any atom is -0.508 e. The van der Waals surface area contributed by atoms with Crippen LogP contribution in [0.4, 0.5) is 0 Å². The van der Waals surface area contributed by atoms with Crippen molar-refractivity contribution in [2.45, 2.75) is 55.9 Å². The Hall–Kier alpha value is -0.603. The van der Waals surface area contributed by atoms with E-state index in [0.29, 0.717) is 13.0 Å². The number of methoxy groups -OCH3 is 1. The molecule has 0 saturated carbocycles. The maximum Gasteiger partial charge on any atom is 0.318 e. The molecule has 1 unspecified atom stereocenters. The van der Waals surface area contributed by atoms with Gasteiger partial charge >= 0.3 is 5.97 Å². The number of hydrogen-bond donors (Lipinski definition) is 1. The van der Waals surface area contributed by atoms with Crippen LogP contribution in [0.3, 0.4) is 0 Å². The average Bonchev–Trinajstić information content (AvgIpc) is 2.45. The molecule has 1 atom stereocenters. The first-order valence-corrected chi connectivity index (χ1v) is 11.8. The maximum absolute atomic E-state index is 11.6. The van der Waals surface area contributed by atoms with Crippen molar-refractivity contribution < 1.29 is 19.1 Å². The van der Waals surface area contributed by atoms with Gasteiger partial charge in [0.15, 0.2) is 8.32 Å². The van der Waals surface area contributed by atoms with Crippen LogP contribution < -0.4 is 0 Å². The van der Waals surface area contributed by atoms with Gasteiger partial charge < -0.3 is 14.3 Å². The molecule has 0 fully saturated rings. The molecule has 4 nitrogen and oxygen atoms in total. The zero-order valence-electron chi connectivity index (χ0n) is 14.8.